The Kier molecular flexibility index (Phi) is 4.57. The highest BCUT2D eigenvalue weighted by atomic mass is 15.0. The topological polar surface area (TPSA) is 4.93 Å². The summed E-state index contributed by atoms with van der Waals surface area (Å²) in [4.78, 5) is 0. The van der Waals surface area contributed by atoms with Crippen molar-refractivity contribution in [1.29, 1.82) is 0 Å². The Morgan fingerprint density at radius 1 is 0.733 bits per heavy atom. The summed E-state index contributed by atoms with van der Waals surface area (Å²) >= 11 is 0. The Balaban J connectivity index is 1.78. The number of aromatic nitrogens is 1. The molecule has 0 N–H and O–H groups in total. The van der Waals surface area contributed by atoms with Crippen molar-refractivity contribution in [2.75, 3.05) is 0 Å². The molecule has 144 valence electrons. The van der Waals surface area contributed by atoms with Gasteiger partial charge in [0.2, 0.25) is 0 Å². The zero-order valence-corrected chi connectivity index (χ0v) is 17.0. The van der Waals surface area contributed by atoms with E-state index in [9.17, 15) is 0 Å². The van der Waals surface area contributed by atoms with Crippen LogP contribution in [0.5, 0.6) is 0 Å². The van der Waals surface area contributed by atoms with Crippen molar-refractivity contribution in [3.63, 3.8) is 0 Å². The first-order chi connectivity index (χ1) is 14.8. The van der Waals surface area contributed by atoms with E-state index in [4.69, 9.17) is 0 Å². The molecule has 0 aliphatic heterocycles. The highest BCUT2D eigenvalue weighted by molar-refractivity contribution is 6.11. The maximum atomic E-state index is 3.91. The number of allylic oxidation sites excluding steroid dienone is 5. The molecule has 5 aromatic rings. The van der Waals surface area contributed by atoms with Crippen molar-refractivity contribution in [3.8, 4) is 11.1 Å². The molecule has 0 aliphatic rings. The summed E-state index contributed by atoms with van der Waals surface area (Å²) in [6, 6.07) is 30.6. The SMILES string of the molecule is C=C/C=C(\C=C/C)n1c2ccccc2c2cc(-c3ccc4ccccc4c3)ccc21. The Hall–Kier alpha value is -3.84. The van der Waals surface area contributed by atoms with Crippen LogP contribution in [0.25, 0.3) is 49.4 Å². The van der Waals surface area contributed by atoms with Gasteiger partial charge in [-0.25, -0.2) is 0 Å². The van der Waals surface area contributed by atoms with Crippen LogP contribution in [0.15, 0.2) is 116 Å². The summed E-state index contributed by atoms with van der Waals surface area (Å²) in [6.45, 7) is 5.95. The lowest BCUT2D eigenvalue weighted by Crippen LogP contribution is -1.94. The molecule has 30 heavy (non-hydrogen) atoms. The van der Waals surface area contributed by atoms with Crippen LogP contribution in [-0.4, -0.2) is 4.57 Å². The highest BCUT2D eigenvalue weighted by Gasteiger charge is 2.13. The minimum atomic E-state index is 1.11. The molecule has 0 fully saturated rings. The lowest BCUT2D eigenvalue weighted by molar-refractivity contribution is 1.24. The van der Waals surface area contributed by atoms with Crippen molar-refractivity contribution in [3.05, 3.63) is 116 Å². The summed E-state index contributed by atoms with van der Waals surface area (Å²) in [6.07, 6.45) is 8.10. The monoisotopic (exact) mass is 385 g/mol. The first-order valence-electron chi connectivity index (χ1n) is 10.3. The zero-order chi connectivity index (χ0) is 20.5. The molecule has 1 heterocycles. The van der Waals surface area contributed by atoms with Gasteiger partial charge in [0.1, 0.15) is 0 Å². The number of hydrogen-bond donors (Lipinski definition) is 0. The second-order valence-corrected chi connectivity index (χ2v) is 7.47. The molecule has 1 nitrogen and oxygen atoms in total. The first-order valence-corrected chi connectivity index (χ1v) is 10.3. The third-order valence-corrected chi connectivity index (χ3v) is 5.64. The molecule has 4 aromatic carbocycles. The van der Waals surface area contributed by atoms with E-state index >= 15 is 0 Å². The molecule has 0 bridgehead atoms. The lowest BCUT2D eigenvalue weighted by Gasteiger charge is -2.09. The molecule has 1 heteroatoms. The third kappa shape index (κ3) is 2.96. The van der Waals surface area contributed by atoms with E-state index in [0.29, 0.717) is 0 Å². The maximum absolute atomic E-state index is 3.91. The predicted octanol–water partition coefficient (Wildman–Crippen LogP) is 8.22. The van der Waals surface area contributed by atoms with E-state index in [0.717, 1.165) is 5.70 Å². The van der Waals surface area contributed by atoms with Crippen molar-refractivity contribution in [2.45, 2.75) is 6.92 Å². The van der Waals surface area contributed by atoms with Gasteiger partial charge >= 0.3 is 0 Å². The standard InChI is InChI=1S/C29H23N/c1-3-9-25(10-4-2)30-28-14-8-7-13-26(28)27-20-24(17-18-29(27)30)23-16-15-21-11-5-6-12-22(21)19-23/h3-20H,1H2,2H3/b10-4-,25-9+. The minimum absolute atomic E-state index is 1.11. The molecular weight excluding hydrogens is 362 g/mol. The van der Waals surface area contributed by atoms with Crippen LogP contribution >= 0.6 is 0 Å². The van der Waals surface area contributed by atoms with Gasteiger partial charge in [0.05, 0.1) is 11.0 Å². The number of nitrogens with zero attached hydrogens (tertiary/aromatic N) is 1. The molecular formula is C29H23N. The Labute approximate surface area is 176 Å². The number of hydrogen-bond acceptors (Lipinski definition) is 0. The Morgan fingerprint density at radius 3 is 2.27 bits per heavy atom. The first kappa shape index (κ1) is 18.2. The zero-order valence-electron chi connectivity index (χ0n) is 17.0. The molecule has 0 amide bonds. The molecule has 0 aliphatic carbocycles. The van der Waals surface area contributed by atoms with Gasteiger partial charge < -0.3 is 4.57 Å². The molecule has 1 aromatic heterocycles. The Morgan fingerprint density at radius 2 is 1.43 bits per heavy atom. The summed E-state index contributed by atoms with van der Waals surface area (Å²) < 4.78 is 2.32. The van der Waals surface area contributed by atoms with Crippen LogP contribution < -0.4 is 0 Å². The van der Waals surface area contributed by atoms with E-state index in [1.807, 2.05) is 13.0 Å². The molecule has 0 saturated carbocycles. The smallest absolute Gasteiger partial charge is 0.0541 e. The fourth-order valence-corrected chi connectivity index (χ4v) is 4.30. The number of fused-ring (bicyclic) bond motifs is 4. The summed E-state index contributed by atoms with van der Waals surface area (Å²) in [5.74, 6) is 0. The van der Waals surface area contributed by atoms with Crippen LogP contribution in [0.3, 0.4) is 0 Å². The van der Waals surface area contributed by atoms with E-state index in [-0.39, 0.29) is 0 Å². The normalized spacial score (nSPS) is 12.4. The molecule has 0 saturated heterocycles. The predicted molar refractivity (Wildman–Crippen MR) is 132 cm³/mol. The van der Waals surface area contributed by atoms with Gasteiger partial charge in [-0.15, -0.1) is 0 Å². The fraction of sp³-hybridized carbons (Fsp3) is 0.0345. The van der Waals surface area contributed by atoms with Gasteiger partial charge in [0.15, 0.2) is 0 Å². The van der Waals surface area contributed by atoms with Gasteiger partial charge in [0, 0.05) is 16.5 Å². The molecule has 0 radical (unpaired) electrons. The average molecular weight is 386 g/mol. The van der Waals surface area contributed by atoms with Gasteiger partial charge in [-0.05, 0) is 65.2 Å². The largest absolute Gasteiger partial charge is 0.309 e. The average Bonchev–Trinajstić information content (AvgIpc) is 3.12. The molecule has 0 spiro atoms. The van der Waals surface area contributed by atoms with Crippen LogP contribution in [0.1, 0.15) is 6.92 Å². The van der Waals surface area contributed by atoms with Crippen molar-refractivity contribution in [2.24, 2.45) is 0 Å². The summed E-state index contributed by atoms with van der Waals surface area (Å²) in [7, 11) is 0. The van der Waals surface area contributed by atoms with Crippen LogP contribution in [0.2, 0.25) is 0 Å². The van der Waals surface area contributed by atoms with Crippen LogP contribution in [0, 0.1) is 0 Å². The van der Waals surface area contributed by atoms with Gasteiger partial charge in [-0.1, -0.05) is 79.4 Å². The second-order valence-electron chi connectivity index (χ2n) is 7.47. The molecule has 5 rings (SSSR count). The van der Waals surface area contributed by atoms with Gasteiger partial charge in [-0.2, -0.15) is 0 Å². The van der Waals surface area contributed by atoms with Crippen LogP contribution in [-0.2, 0) is 0 Å². The van der Waals surface area contributed by atoms with E-state index < -0.39 is 0 Å². The quantitative estimate of drug-likeness (QED) is 0.275. The third-order valence-electron chi connectivity index (χ3n) is 5.64. The van der Waals surface area contributed by atoms with E-state index in [1.54, 1.807) is 0 Å². The van der Waals surface area contributed by atoms with Gasteiger partial charge in [-0.3, -0.25) is 0 Å². The minimum Gasteiger partial charge on any atom is -0.309 e. The summed E-state index contributed by atoms with van der Waals surface area (Å²) in [5, 5.41) is 5.05. The lowest BCUT2D eigenvalue weighted by atomic mass is 9.99. The van der Waals surface area contributed by atoms with Gasteiger partial charge in [0.25, 0.3) is 0 Å². The van der Waals surface area contributed by atoms with Crippen molar-refractivity contribution >= 4 is 38.3 Å². The van der Waals surface area contributed by atoms with Crippen LogP contribution in [0.4, 0.5) is 0 Å². The Bertz CT molecular complexity index is 1460. The highest BCUT2D eigenvalue weighted by Crippen LogP contribution is 2.35. The second kappa shape index (κ2) is 7.53. The molecule has 0 unspecified atom stereocenters. The summed E-state index contributed by atoms with van der Waals surface area (Å²) in [5.41, 5.74) is 5.98. The fourth-order valence-electron chi connectivity index (χ4n) is 4.30. The number of rotatable bonds is 4. The number of para-hydroxylation sites is 1. The van der Waals surface area contributed by atoms with E-state index in [1.165, 1.54) is 43.7 Å². The number of benzene rings is 4. The van der Waals surface area contributed by atoms with Crippen molar-refractivity contribution in [1.82, 2.24) is 4.57 Å². The maximum Gasteiger partial charge on any atom is 0.0541 e. The van der Waals surface area contributed by atoms with E-state index in [2.05, 4.69) is 114 Å². The molecule has 0 atom stereocenters. The van der Waals surface area contributed by atoms with Crippen molar-refractivity contribution < 1.29 is 0 Å².